The third kappa shape index (κ3) is 3.03. The van der Waals surface area contributed by atoms with Crippen molar-refractivity contribution in [1.82, 2.24) is 0 Å². The van der Waals surface area contributed by atoms with Gasteiger partial charge in [0.25, 0.3) is 0 Å². The van der Waals surface area contributed by atoms with Gasteiger partial charge in [0.15, 0.2) is 0 Å². The molecule has 94 valence electrons. The Labute approximate surface area is 101 Å². The summed E-state index contributed by atoms with van der Waals surface area (Å²) in [5, 5.41) is 0. The Bertz CT molecular complexity index is 395. The minimum atomic E-state index is -1.20. The molecule has 0 aliphatic heterocycles. The molecule has 1 fully saturated rings. The van der Waals surface area contributed by atoms with E-state index in [9.17, 15) is 8.78 Å². The molecule has 2 rings (SSSR count). The van der Waals surface area contributed by atoms with Crippen LogP contribution >= 0.6 is 0 Å². The van der Waals surface area contributed by atoms with Crippen LogP contribution in [0.2, 0.25) is 0 Å². The lowest BCUT2D eigenvalue weighted by Crippen LogP contribution is -2.37. The molecule has 0 bridgehead atoms. The summed E-state index contributed by atoms with van der Waals surface area (Å²) in [5.41, 5.74) is 6.31. The van der Waals surface area contributed by atoms with Crippen LogP contribution in [0, 0.1) is 12.7 Å². The highest BCUT2D eigenvalue weighted by Gasteiger charge is 2.34. The van der Waals surface area contributed by atoms with E-state index < -0.39 is 5.67 Å². The number of nitrogens with two attached hydrogens (primary N) is 1. The van der Waals surface area contributed by atoms with Crippen molar-refractivity contribution >= 4 is 0 Å². The van der Waals surface area contributed by atoms with Gasteiger partial charge in [-0.3, -0.25) is 0 Å². The van der Waals surface area contributed by atoms with Crippen LogP contribution in [0.1, 0.15) is 36.8 Å². The Morgan fingerprint density at radius 3 is 2.65 bits per heavy atom. The van der Waals surface area contributed by atoms with E-state index in [1.165, 1.54) is 12.1 Å². The molecule has 0 saturated heterocycles. The number of alkyl halides is 1. The summed E-state index contributed by atoms with van der Waals surface area (Å²) >= 11 is 0. The van der Waals surface area contributed by atoms with E-state index in [0.29, 0.717) is 19.3 Å². The summed E-state index contributed by atoms with van der Waals surface area (Å²) in [5.74, 6) is -0.290. The molecule has 0 amide bonds. The van der Waals surface area contributed by atoms with Crippen LogP contribution < -0.4 is 5.73 Å². The molecule has 0 radical (unpaired) electrons. The number of hydrogen-bond acceptors (Lipinski definition) is 1. The first kappa shape index (κ1) is 12.5. The lowest BCUT2D eigenvalue weighted by Gasteiger charge is -2.33. The fraction of sp³-hybridized carbons (Fsp3) is 0.571. The molecule has 1 aromatic carbocycles. The second kappa shape index (κ2) is 4.73. The van der Waals surface area contributed by atoms with E-state index >= 15 is 0 Å². The molecular formula is C14H19F2N. The molecular weight excluding hydrogens is 220 g/mol. The van der Waals surface area contributed by atoms with Gasteiger partial charge in [0.1, 0.15) is 11.5 Å². The molecule has 1 aliphatic rings. The fourth-order valence-electron chi connectivity index (χ4n) is 2.51. The third-order valence-corrected chi connectivity index (χ3v) is 3.74. The first-order valence-corrected chi connectivity index (χ1v) is 6.18. The predicted octanol–water partition coefficient (Wildman–Crippen LogP) is 3.29. The maximum Gasteiger partial charge on any atom is 0.123 e. The SMILES string of the molecule is Cc1ccc(F)cc1CC1(F)CCC(N)CC1. The van der Waals surface area contributed by atoms with Crippen LogP contribution in [0.5, 0.6) is 0 Å². The van der Waals surface area contributed by atoms with Gasteiger partial charge in [0.2, 0.25) is 0 Å². The van der Waals surface area contributed by atoms with Crippen molar-refractivity contribution < 1.29 is 8.78 Å². The maximum atomic E-state index is 14.6. The maximum absolute atomic E-state index is 14.6. The van der Waals surface area contributed by atoms with Gasteiger partial charge >= 0.3 is 0 Å². The number of aryl methyl sites for hydroxylation is 1. The number of hydrogen-bond donors (Lipinski definition) is 1. The largest absolute Gasteiger partial charge is 0.328 e. The highest BCUT2D eigenvalue weighted by atomic mass is 19.1. The van der Waals surface area contributed by atoms with E-state index in [4.69, 9.17) is 5.73 Å². The van der Waals surface area contributed by atoms with E-state index in [0.717, 1.165) is 24.0 Å². The van der Waals surface area contributed by atoms with Gasteiger partial charge in [-0.1, -0.05) is 6.07 Å². The second-order valence-electron chi connectivity index (χ2n) is 5.24. The van der Waals surface area contributed by atoms with Crippen LogP contribution in [0.3, 0.4) is 0 Å². The van der Waals surface area contributed by atoms with Crippen molar-refractivity contribution in [3.05, 3.63) is 35.1 Å². The molecule has 1 nitrogen and oxygen atoms in total. The normalized spacial score (nSPS) is 29.3. The molecule has 0 unspecified atom stereocenters. The molecule has 0 spiro atoms. The van der Waals surface area contributed by atoms with E-state index in [2.05, 4.69) is 0 Å². The van der Waals surface area contributed by atoms with Crippen molar-refractivity contribution in [1.29, 1.82) is 0 Å². The van der Waals surface area contributed by atoms with Crippen molar-refractivity contribution in [3.63, 3.8) is 0 Å². The highest BCUT2D eigenvalue weighted by Crippen LogP contribution is 2.35. The van der Waals surface area contributed by atoms with Crippen LogP contribution in [0.25, 0.3) is 0 Å². The lowest BCUT2D eigenvalue weighted by molar-refractivity contribution is 0.0992. The molecule has 17 heavy (non-hydrogen) atoms. The average molecular weight is 239 g/mol. The van der Waals surface area contributed by atoms with Gasteiger partial charge in [-0.05, 0) is 55.9 Å². The summed E-state index contributed by atoms with van der Waals surface area (Å²) < 4.78 is 27.7. The van der Waals surface area contributed by atoms with Crippen LogP contribution in [0.4, 0.5) is 8.78 Å². The summed E-state index contributed by atoms with van der Waals surface area (Å²) in [7, 11) is 0. The Morgan fingerprint density at radius 1 is 1.35 bits per heavy atom. The van der Waals surface area contributed by atoms with Gasteiger partial charge in [-0.2, -0.15) is 0 Å². The Morgan fingerprint density at radius 2 is 2.00 bits per heavy atom. The molecule has 1 aromatic rings. The predicted molar refractivity (Wildman–Crippen MR) is 65.1 cm³/mol. The second-order valence-corrected chi connectivity index (χ2v) is 5.24. The van der Waals surface area contributed by atoms with Crippen LogP contribution in [0.15, 0.2) is 18.2 Å². The first-order valence-electron chi connectivity index (χ1n) is 6.18. The first-order chi connectivity index (χ1) is 7.98. The zero-order valence-corrected chi connectivity index (χ0v) is 10.2. The fourth-order valence-corrected chi connectivity index (χ4v) is 2.51. The standard InChI is InChI=1S/C14H19F2N/c1-10-2-3-12(15)8-11(10)9-14(16)6-4-13(17)5-7-14/h2-3,8,13H,4-7,9,17H2,1H3. The average Bonchev–Trinajstić information content (AvgIpc) is 2.28. The Hall–Kier alpha value is -0.960. The van der Waals surface area contributed by atoms with Gasteiger partial charge in [-0.15, -0.1) is 0 Å². The highest BCUT2D eigenvalue weighted by molar-refractivity contribution is 5.28. The number of benzene rings is 1. The van der Waals surface area contributed by atoms with Crippen molar-refractivity contribution in [2.45, 2.75) is 50.7 Å². The molecule has 0 heterocycles. The van der Waals surface area contributed by atoms with Gasteiger partial charge in [0, 0.05) is 12.5 Å². The molecule has 1 aliphatic carbocycles. The minimum Gasteiger partial charge on any atom is -0.328 e. The summed E-state index contributed by atoms with van der Waals surface area (Å²) in [6.07, 6.45) is 2.74. The van der Waals surface area contributed by atoms with E-state index in [1.54, 1.807) is 6.07 Å². The molecule has 3 heteroatoms. The third-order valence-electron chi connectivity index (χ3n) is 3.74. The number of halogens is 2. The summed E-state index contributed by atoms with van der Waals surface area (Å²) in [4.78, 5) is 0. The summed E-state index contributed by atoms with van der Waals surface area (Å²) in [6, 6.07) is 4.71. The van der Waals surface area contributed by atoms with Crippen LogP contribution in [-0.4, -0.2) is 11.7 Å². The molecule has 2 N–H and O–H groups in total. The molecule has 0 aromatic heterocycles. The zero-order chi connectivity index (χ0) is 12.5. The zero-order valence-electron chi connectivity index (χ0n) is 10.2. The van der Waals surface area contributed by atoms with Crippen molar-refractivity contribution in [3.8, 4) is 0 Å². The monoisotopic (exact) mass is 239 g/mol. The van der Waals surface area contributed by atoms with Crippen molar-refractivity contribution in [2.75, 3.05) is 0 Å². The van der Waals surface area contributed by atoms with Gasteiger partial charge in [0.05, 0.1) is 0 Å². The smallest absolute Gasteiger partial charge is 0.123 e. The lowest BCUT2D eigenvalue weighted by atomic mass is 9.79. The summed E-state index contributed by atoms with van der Waals surface area (Å²) in [6.45, 7) is 1.90. The van der Waals surface area contributed by atoms with Crippen molar-refractivity contribution in [2.24, 2.45) is 5.73 Å². The molecule has 0 atom stereocenters. The van der Waals surface area contributed by atoms with Gasteiger partial charge < -0.3 is 5.73 Å². The van der Waals surface area contributed by atoms with E-state index in [1.807, 2.05) is 6.92 Å². The Kier molecular flexibility index (Phi) is 3.48. The van der Waals surface area contributed by atoms with Crippen LogP contribution in [-0.2, 0) is 6.42 Å². The molecule has 1 saturated carbocycles. The Balaban J connectivity index is 2.12. The quantitative estimate of drug-likeness (QED) is 0.842. The van der Waals surface area contributed by atoms with Gasteiger partial charge in [-0.25, -0.2) is 8.78 Å². The minimum absolute atomic E-state index is 0.132. The number of rotatable bonds is 2. The topological polar surface area (TPSA) is 26.0 Å². The van der Waals surface area contributed by atoms with E-state index in [-0.39, 0.29) is 11.9 Å².